The number of piperazine rings is 1. The number of ether oxygens (including phenoxy) is 1. The molecule has 2 atom stereocenters. The van der Waals surface area contributed by atoms with Gasteiger partial charge in [0.1, 0.15) is 11.6 Å². The van der Waals surface area contributed by atoms with Gasteiger partial charge in [-0.15, -0.1) is 0 Å². The molecule has 2 unspecified atom stereocenters. The van der Waals surface area contributed by atoms with Crippen molar-refractivity contribution < 1.29 is 18.7 Å². The van der Waals surface area contributed by atoms with Crippen LogP contribution in [-0.4, -0.2) is 53.3 Å². The molecule has 0 N–H and O–H groups in total. The van der Waals surface area contributed by atoms with E-state index in [0.29, 0.717) is 24.3 Å². The minimum atomic E-state index is -0.232. The average Bonchev–Trinajstić information content (AvgIpc) is 2.86. The van der Waals surface area contributed by atoms with E-state index in [1.54, 1.807) is 24.3 Å². The SMILES string of the molecule is CCCCCCCC(=O)c1ccc(OCC(=O)N2CC(C)N(Cc3ccc(F)cc3)CC2C)cc1. The number of hydrogen-bond donors (Lipinski definition) is 0. The van der Waals surface area contributed by atoms with Crippen LogP contribution in [0.5, 0.6) is 5.75 Å². The van der Waals surface area contributed by atoms with Crippen molar-refractivity contribution in [2.45, 2.75) is 77.9 Å². The minimum absolute atomic E-state index is 0.0280. The van der Waals surface area contributed by atoms with Crippen molar-refractivity contribution in [2.24, 2.45) is 0 Å². The summed E-state index contributed by atoms with van der Waals surface area (Å²) in [6.45, 7) is 8.41. The van der Waals surface area contributed by atoms with Gasteiger partial charge in [0.25, 0.3) is 5.91 Å². The number of rotatable bonds is 12. The van der Waals surface area contributed by atoms with Crippen LogP contribution in [0.4, 0.5) is 4.39 Å². The maximum absolute atomic E-state index is 13.2. The van der Waals surface area contributed by atoms with Crippen molar-refractivity contribution in [2.75, 3.05) is 19.7 Å². The van der Waals surface area contributed by atoms with Crippen molar-refractivity contribution >= 4 is 11.7 Å². The Hall–Kier alpha value is -2.73. The largest absolute Gasteiger partial charge is 0.484 e. The lowest BCUT2D eigenvalue weighted by atomic mass is 10.0. The van der Waals surface area contributed by atoms with Gasteiger partial charge in [-0.3, -0.25) is 14.5 Å². The quantitative estimate of drug-likeness (QED) is 0.280. The summed E-state index contributed by atoms with van der Waals surface area (Å²) < 4.78 is 18.9. The number of carbonyl (C=O) groups is 2. The van der Waals surface area contributed by atoms with Gasteiger partial charge in [-0.25, -0.2) is 4.39 Å². The summed E-state index contributed by atoms with van der Waals surface area (Å²) in [4.78, 5) is 29.4. The van der Waals surface area contributed by atoms with Gasteiger partial charge >= 0.3 is 0 Å². The van der Waals surface area contributed by atoms with E-state index >= 15 is 0 Å². The predicted octanol–water partition coefficient (Wildman–Crippen LogP) is 5.87. The molecule has 0 radical (unpaired) electrons. The second-order valence-electron chi connectivity index (χ2n) is 9.70. The molecule has 0 bridgehead atoms. The number of Topliss-reactive ketones (excluding diaryl/α,β-unsaturated/α-hetero) is 1. The Morgan fingerprint density at radius 1 is 0.914 bits per heavy atom. The maximum atomic E-state index is 13.2. The predicted molar refractivity (Wildman–Crippen MR) is 137 cm³/mol. The van der Waals surface area contributed by atoms with E-state index in [4.69, 9.17) is 4.74 Å². The highest BCUT2D eigenvalue weighted by Crippen LogP contribution is 2.20. The van der Waals surface area contributed by atoms with Crippen molar-refractivity contribution in [1.82, 2.24) is 9.80 Å². The fourth-order valence-electron chi connectivity index (χ4n) is 4.59. The summed E-state index contributed by atoms with van der Waals surface area (Å²) >= 11 is 0. The van der Waals surface area contributed by atoms with Gasteiger partial charge in [0.2, 0.25) is 0 Å². The number of ketones is 1. The van der Waals surface area contributed by atoms with Crippen LogP contribution in [0, 0.1) is 5.82 Å². The highest BCUT2D eigenvalue weighted by atomic mass is 19.1. The van der Waals surface area contributed by atoms with Crippen LogP contribution < -0.4 is 4.74 Å². The molecule has 6 heteroatoms. The first-order chi connectivity index (χ1) is 16.9. The number of halogens is 1. The van der Waals surface area contributed by atoms with Crippen LogP contribution in [0.1, 0.15) is 75.2 Å². The molecule has 2 aromatic carbocycles. The molecule has 3 rings (SSSR count). The zero-order chi connectivity index (χ0) is 25.2. The molecule has 1 saturated heterocycles. The second-order valence-corrected chi connectivity index (χ2v) is 9.70. The summed E-state index contributed by atoms with van der Waals surface area (Å²) in [7, 11) is 0. The molecule has 1 aliphatic rings. The Morgan fingerprint density at radius 3 is 2.29 bits per heavy atom. The topological polar surface area (TPSA) is 49.9 Å². The highest BCUT2D eigenvalue weighted by molar-refractivity contribution is 5.96. The van der Waals surface area contributed by atoms with Gasteiger partial charge in [0, 0.05) is 43.7 Å². The molecular weight excluding hydrogens is 443 g/mol. The summed E-state index contributed by atoms with van der Waals surface area (Å²) in [5.41, 5.74) is 1.76. The van der Waals surface area contributed by atoms with Crippen LogP contribution >= 0.6 is 0 Å². The van der Waals surface area contributed by atoms with E-state index < -0.39 is 0 Å². The Bertz CT molecular complexity index is 945. The third kappa shape index (κ3) is 8.17. The molecule has 0 aromatic heterocycles. The zero-order valence-corrected chi connectivity index (χ0v) is 21.3. The molecule has 1 fully saturated rings. The fourth-order valence-corrected chi connectivity index (χ4v) is 4.59. The van der Waals surface area contributed by atoms with E-state index in [1.807, 2.05) is 24.0 Å². The zero-order valence-electron chi connectivity index (χ0n) is 21.3. The highest BCUT2D eigenvalue weighted by Gasteiger charge is 2.32. The second kappa shape index (κ2) is 13.4. The van der Waals surface area contributed by atoms with Crippen molar-refractivity contribution in [3.8, 4) is 5.75 Å². The number of hydrogen-bond acceptors (Lipinski definition) is 4. The third-order valence-corrected chi connectivity index (χ3v) is 6.78. The van der Waals surface area contributed by atoms with E-state index in [9.17, 15) is 14.0 Å². The first-order valence-electron chi connectivity index (χ1n) is 12.9. The first kappa shape index (κ1) is 26.9. The summed E-state index contributed by atoms with van der Waals surface area (Å²) in [5.74, 6) is 0.474. The van der Waals surface area contributed by atoms with Crippen LogP contribution in [0.3, 0.4) is 0 Å². The van der Waals surface area contributed by atoms with Crippen molar-refractivity contribution in [3.05, 3.63) is 65.5 Å². The summed E-state index contributed by atoms with van der Waals surface area (Å²) in [5, 5.41) is 0. The Balaban J connectivity index is 1.44. The van der Waals surface area contributed by atoms with Crippen LogP contribution in [-0.2, 0) is 11.3 Å². The summed E-state index contributed by atoms with van der Waals surface area (Å²) in [6, 6.07) is 13.9. The van der Waals surface area contributed by atoms with Crippen LogP contribution in [0.25, 0.3) is 0 Å². The Morgan fingerprint density at radius 2 is 1.60 bits per heavy atom. The molecule has 35 heavy (non-hydrogen) atoms. The maximum Gasteiger partial charge on any atom is 0.260 e. The standard InChI is InChI=1S/C29H39FN2O3/c1-4-5-6-7-8-9-28(33)25-12-16-27(17-13-25)35-21-29(34)32-19-22(2)31(18-23(32)3)20-24-10-14-26(30)15-11-24/h10-17,22-23H,4-9,18-21H2,1-3H3. The molecule has 0 aliphatic carbocycles. The molecular formula is C29H39FN2O3. The Labute approximate surface area is 209 Å². The molecule has 0 saturated carbocycles. The lowest BCUT2D eigenvalue weighted by molar-refractivity contribution is -0.139. The lowest BCUT2D eigenvalue weighted by Gasteiger charge is -2.44. The lowest BCUT2D eigenvalue weighted by Crippen LogP contribution is -2.58. The first-order valence-corrected chi connectivity index (χ1v) is 12.9. The molecule has 1 aliphatic heterocycles. The van der Waals surface area contributed by atoms with Crippen LogP contribution in [0.2, 0.25) is 0 Å². The molecule has 5 nitrogen and oxygen atoms in total. The van der Waals surface area contributed by atoms with Crippen LogP contribution in [0.15, 0.2) is 48.5 Å². The summed E-state index contributed by atoms with van der Waals surface area (Å²) in [6.07, 6.45) is 6.21. The van der Waals surface area contributed by atoms with Gasteiger partial charge in [-0.2, -0.15) is 0 Å². The number of carbonyl (C=O) groups excluding carboxylic acids is 2. The average molecular weight is 483 g/mol. The van der Waals surface area contributed by atoms with Gasteiger partial charge < -0.3 is 9.64 Å². The normalized spacial score (nSPS) is 18.5. The fraction of sp³-hybridized carbons (Fsp3) is 0.517. The van der Waals surface area contributed by atoms with Gasteiger partial charge in [0.15, 0.2) is 12.4 Å². The van der Waals surface area contributed by atoms with E-state index in [0.717, 1.165) is 31.5 Å². The Kier molecular flexibility index (Phi) is 10.3. The number of nitrogens with zero attached hydrogens (tertiary/aromatic N) is 2. The number of benzene rings is 2. The van der Waals surface area contributed by atoms with E-state index in [1.165, 1.54) is 31.4 Å². The van der Waals surface area contributed by atoms with Gasteiger partial charge in [0.05, 0.1) is 0 Å². The van der Waals surface area contributed by atoms with Gasteiger partial charge in [-0.05, 0) is 62.2 Å². The monoisotopic (exact) mass is 482 g/mol. The van der Waals surface area contributed by atoms with Gasteiger partial charge in [-0.1, -0.05) is 44.7 Å². The van der Waals surface area contributed by atoms with E-state index in [-0.39, 0.29) is 36.2 Å². The van der Waals surface area contributed by atoms with Crippen molar-refractivity contribution in [3.63, 3.8) is 0 Å². The van der Waals surface area contributed by atoms with Crippen molar-refractivity contribution in [1.29, 1.82) is 0 Å². The third-order valence-electron chi connectivity index (χ3n) is 6.78. The molecule has 2 aromatic rings. The minimum Gasteiger partial charge on any atom is -0.484 e. The molecule has 0 spiro atoms. The number of unbranched alkanes of at least 4 members (excludes halogenated alkanes) is 4. The smallest absolute Gasteiger partial charge is 0.260 e. The number of amides is 1. The molecule has 190 valence electrons. The molecule has 1 amide bonds. The van der Waals surface area contributed by atoms with E-state index in [2.05, 4.69) is 18.7 Å². The molecule has 1 heterocycles.